The van der Waals surface area contributed by atoms with Gasteiger partial charge >= 0.3 is 5.97 Å². The number of carboxylic acid groups (broad SMARTS) is 1. The number of rotatable bonds is 4. The van der Waals surface area contributed by atoms with Crippen molar-refractivity contribution in [3.8, 4) is 0 Å². The van der Waals surface area contributed by atoms with Crippen molar-refractivity contribution in [3.05, 3.63) is 29.6 Å². The number of carboxylic acids is 1. The van der Waals surface area contributed by atoms with Crippen LogP contribution in [0.15, 0.2) is 18.2 Å². The lowest BCUT2D eigenvalue weighted by Gasteiger charge is -2.28. The van der Waals surface area contributed by atoms with Crippen molar-refractivity contribution >= 4 is 17.0 Å². The summed E-state index contributed by atoms with van der Waals surface area (Å²) in [6.07, 6.45) is 6.00. The Morgan fingerprint density at radius 3 is 2.71 bits per heavy atom. The van der Waals surface area contributed by atoms with Crippen molar-refractivity contribution in [1.82, 2.24) is 9.97 Å². The van der Waals surface area contributed by atoms with Gasteiger partial charge in [-0.2, -0.15) is 0 Å². The van der Waals surface area contributed by atoms with Crippen LogP contribution in [0, 0.1) is 5.92 Å². The molecule has 2 N–H and O–H groups in total. The zero-order valence-corrected chi connectivity index (χ0v) is 12.6. The Labute approximate surface area is 124 Å². The second kappa shape index (κ2) is 5.17. The van der Waals surface area contributed by atoms with Crippen LogP contribution in [0.5, 0.6) is 0 Å². The summed E-state index contributed by atoms with van der Waals surface area (Å²) in [5, 5.41) is 9.10. The Morgan fingerprint density at radius 1 is 1.38 bits per heavy atom. The Bertz CT molecular complexity index is 666. The topological polar surface area (TPSA) is 66.0 Å². The number of hydrogen-bond acceptors (Lipinski definition) is 2. The number of aromatic carboxylic acids is 1. The monoisotopic (exact) mass is 286 g/mol. The highest BCUT2D eigenvalue weighted by atomic mass is 16.4. The predicted octanol–water partition coefficient (Wildman–Crippen LogP) is 4.12. The van der Waals surface area contributed by atoms with Crippen molar-refractivity contribution in [1.29, 1.82) is 0 Å². The van der Waals surface area contributed by atoms with Gasteiger partial charge in [-0.3, -0.25) is 0 Å². The van der Waals surface area contributed by atoms with Crippen LogP contribution in [-0.4, -0.2) is 21.0 Å². The molecule has 2 aromatic rings. The van der Waals surface area contributed by atoms with Gasteiger partial charge in [0.1, 0.15) is 5.82 Å². The molecule has 4 heteroatoms. The fraction of sp³-hybridized carbons (Fsp3) is 0.529. The molecule has 0 spiro atoms. The van der Waals surface area contributed by atoms with Crippen LogP contribution in [0.2, 0.25) is 0 Å². The van der Waals surface area contributed by atoms with E-state index in [0.29, 0.717) is 11.5 Å². The number of carbonyl (C=O) groups is 1. The molecule has 0 atom stereocenters. The lowest BCUT2D eigenvalue weighted by atomic mass is 9.78. The molecular formula is C17H22N2O2. The number of fused-ring (bicyclic) bond motifs is 1. The first-order chi connectivity index (χ1) is 10.00. The number of hydrogen-bond donors (Lipinski definition) is 2. The lowest BCUT2D eigenvalue weighted by molar-refractivity contribution is 0.0697. The minimum atomic E-state index is -0.897. The number of nitrogens with one attached hydrogen (secondary N) is 1. The number of nitrogens with zero attached hydrogens (tertiary/aromatic N) is 1. The maximum atomic E-state index is 11.1. The molecule has 1 aromatic heterocycles. The van der Waals surface area contributed by atoms with Crippen molar-refractivity contribution in [2.45, 2.75) is 51.4 Å². The Morgan fingerprint density at radius 2 is 2.10 bits per heavy atom. The molecule has 0 amide bonds. The van der Waals surface area contributed by atoms with Gasteiger partial charge in [0.25, 0.3) is 0 Å². The molecule has 3 rings (SSSR count). The zero-order valence-electron chi connectivity index (χ0n) is 12.6. The van der Waals surface area contributed by atoms with Crippen LogP contribution in [0.1, 0.15) is 62.1 Å². The molecule has 1 aliphatic carbocycles. The van der Waals surface area contributed by atoms with Gasteiger partial charge in [0.05, 0.1) is 16.6 Å². The van der Waals surface area contributed by atoms with Gasteiger partial charge < -0.3 is 10.1 Å². The third kappa shape index (κ3) is 2.55. The number of aromatic nitrogens is 2. The Balaban J connectivity index is 2.04. The molecule has 1 aromatic carbocycles. The summed E-state index contributed by atoms with van der Waals surface area (Å²) in [4.78, 5) is 19.3. The van der Waals surface area contributed by atoms with Gasteiger partial charge in [0, 0.05) is 5.41 Å². The highest BCUT2D eigenvalue weighted by molar-refractivity contribution is 5.92. The van der Waals surface area contributed by atoms with E-state index < -0.39 is 5.97 Å². The smallest absolute Gasteiger partial charge is 0.335 e. The van der Waals surface area contributed by atoms with E-state index in [2.05, 4.69) is 18.8 Å². The molecule has 0 radical (unpaired) electrons. The van der Waals surface area contributed by atoms with Crippen molar-refractivity contribution in [2.75, 3.05) is 0 Å². The Hall–Kier alpha value is -1.84. The van der Waals surface area contributed by atoms with E-state index in [1.807, 2.05) is 0 Å². The van der Waals surface area contributed by atoms with Gasteiger partial charge in [-0.1, -0.05) is 26.7 Å². The molecule has 21 heavy (non-hydrogen) atoms. The summed E-state index contributed by atoms with van der Waals surface area (Å²) in [6, 6.07) is 5.11. The SMILES string of the molecule is CC(C)CC1(c2nc3ccc(C(=O)O)cc3[nH]2)CCCC1. The molecular weight excluding hydrogens is 264 g/mol. The normalized spacial score (nSPS) is 17.7. The van der Waals surface area contributed by atoms with Gasteiger partial charge in [-0.15, -0.1) is 0 Å². The van der Waals surface area contributed by atoms with E-state index in [1.165, 1.54) is 25.7 Å². The summed E-state index contributed by atoms with van der Waals surface area (Å²) >= 11 is 0. The maximum Gasteiger partial charge on any atom is 0.335 e. The summed E-state index contributed by atoms with van der Waals surface area (Å²) in [5.74, 6) is 0.781. The van der Waals surface area contributed by atoms with E-state index in [0.717, 1.165) is 23.3 Å². The van der Waals surface area contributed by atoms with Crippen molar-refractivity contribution in [3.63, 3.8) is 0 Å². The average molecular weight is 286 g/mol. The van der Waals surface area contributed by atoms with E-state index in [9.17, 15) is 4.79 Å². The van der Waals surface area contributed by atoms with Crippen LogP contribution >= 0.6 is 0 Å². The van der Waals surface area contributed by atoms with Gasteiger partial charge in [0.15, 0.2) is 0 Å². The zero-order chi connectivity index (χ0) is 15.0. The molecule has 1 aliphatic rings. The average Bonchev–Trinajstić information content (AvgIpc) is 3.03. The molecule has 0 unspecified atom stereocenters. The first-order valence-corrected chi connectivity index (χ1v) is 7.74. The summed E-state index contributed by atoms with van der Waals surface area (Å²) in [7, 11) is 0. The summed E-state index contributed by atoms with van der Waals surface area (Å²) < 4.78 is 0. The highest BCUT2D eigenvalue weighted by Crippen LogP contribution is 2.44. The second-order valence-corrected chi connectivity index (χ2v) is 6.71. The Kier molecular flexibility index (Phi) is 3.47. The largest absolute Gasteiger partial charge is 0.478 e. The van der Waals surface area contributed by atoms with E-state index in [4.69, 9.17) is 10.1 Å². The van der Waals surface area contributed by atoms with Crippen LogP contribution in [0.3, 0.4) is 0 Å². The molecule has 1 heterocycles. The third-order valence-electron chi connectivity index (χ3n) is 4.59. The predicted molar refractivity (Wildman–Crippen MR) is 82.7 cm³/mol. The molecule has 1 saturated carbocycles. The third-order valence-corrected chi connectivity index (χ3v) is 4.59. The molecule has 112 valence electrons. The fourth-order valence-electron chi connectivity index (χ4n) is 3.76. The van der Waals surface area contributed by atoms with Gasteiger partial charge in [0.2, 0.25) is 0 Å². The number of H-pyrrole nitrogens is 1. The first kappa shape index (κ1) is 14.1. The first-order valence-electron chi connectivity index (χ1n) is 7.74. The number of benzene rings is 1. The van der Waals surface area contributed by atoms with E-state index in [1.54, 1.807) is 18.2 Å². The van der Waals surface area contributed by atoms with Crippen LogP contribution < -0.4 is 0 Å². The van der Waals surface area contributed by atoms with E-state index in [-0.39, 0.29) is 5.41 Å². The van der Waals surface area contributed by atoms with Crippen LogP contribution in [0.4, 0.5) is 0 Å². The lowest BCUT2D eigenvalue weighted by Crippen LogP contribution is -2.25. The summed E-state index contributed by atoms with van der Waals surface area (Å²) in [6.45, 7) is 4.51. The van der Waals surface area contributed by atoms with Crippen LogP contribution in [0.25, 0.3) is 11.0 Å². The quantitative estimate of drug-likeness (QED) is 0.888. The second-order valence-electron chi connectivity index (χ2n) is 6.71. The van der Waals surface area contributed by atoms with Crippen molar-refractivity contribution < 1.29 is 9.90 Å². The number of aromatic amines is 1. The highest BCUT2D eigenvalue weighted by Gasteiger charge is 2.38. The summed E-state index contributed by atoms with van der Waals surface area (Å²) in [5.41, 5.74) is 2.16. The standard InChI is InChI=1S/C17H22N2O2/c1-11(2)10-17(7-3-4-8-17)16-18-13-6-5-12(15(20)21)9-14(13)19-16/h5-6,9,11H,3-4,7-8,10H2,1-2H3,(H,18,19)(H,20,21). The molecule has 0 saturated heterocycles. The fourth-order valence-corrected chi connectivity index (χ4v) is 3.76. The van der Waals surface area contributed by atoms with Gasteiger partial charge in [-0.05, 0) is 43.4 Å². The molecule has 1 fully saturated rings. The molecule has 0 aliphatic heterocycles. The minimum Gasteiger partial charge on any atom is -0.478 e. The molecule has 0 bridgehead atoms. The minimum absolute atomic E-state index is 0.149. The van der Waals surface area contributed by atoms with Crippen LogP contribution in [-0.2, 0) is 5.41 Å². The van der Waals surface area contributed by atoms with E-state index >= 15 is 0 Å². The molecule has 4 nitrogen and oxygen atoms in total. The van der Waals surface area contributed by atoms with Crippen molar-refractivity contribution in [2.24, 2.45) is 5.92 Å². The number of imidazole rings is 1. The van der Waals surface area contributed by atoms with Gasteiger partial charge in [-0.25, -0.2) is 9.78 Å². The maximum absolute atomic E-state index is 11.1.